The van der Waals surface area contributed by atoms with E-state index in [1.807, 2.05) is 0 Å². The second-order valence-corrected chi connectivity index (χ2v) is 7.58. The molecule has 1 fully saturated rings. The van der Waals surface area contributed by atoms with Crippen molar-refractivity contribution in [1.82, 2.24) is 4.90 Å². The van der Waals surface area contributed by atoms with E-state index in [0.29, 0.717) is 29.4 Å². The van der Waals surface area contributed by atoms with Gasteiger partial charge >= 0.3 is 0 Å². The van der Waals surface area contributed by atoms with Gasteiger partial charge in [0, 0.05) is 23.7 Å². The molecule has 5 nitrogen and oxygen atoms in total. The summed E-state index contributed by atoms with van der Waals surface area (Å²) >= 11 is 5.89. The number of halogens is 1. The lowest BCUT2D eigenvalue weighted by Crippen LogP contribution is -2.33. The Hall–Kier alpha value is -1.27. The first kappa shape index (κ1) is 16.1. The molecular formula is C14H18ClNO4S. The van der Waals surface area contributed by atoms with Gasteiger partial charge in [0.05, 0.1) is 12.9 Å². The summed E-state index contributed by atoms with van der Waals surface area (Å²) in [5, 5.41) is 0.437. The van der Waals surface area contributed by atoms with Crippen LogP contribution < -0.4 is 4.74 Å². The van der Waals surface area contributed by atoms with E-state index in [1.165, 1.54) is 7.11 Å². The number of methoxy groups -OCH3 is 1. The van der Waals surface area contributed by atoms with E-state index in [1.54, 1.807) is 23.1 Å². The Labute approximate surface area is 129 Å². The van der Waals surface area contributed by atoms with Crippen LogP contribution in [0.4, 0.5) is 0 Å². The van der Waals surface area contributed by atoms with E-state index in [0.717, 1.165) is 12.8 Å². The van der Waals surface area contributed by atoms with E-state index in [9.17, 15) is 13.2 Å². The van der Waals surface area contributed by atoms with Crippen molar-refractivity contribution in [3.63, 3.8) is 0 Å². The van der Waals surface area contributed by atoms with Crippen molar-refractivity contribution in [3.8, 4) is 5.75 Å². The fraction of sp³-hybridized carbons (Fsp3) is 0.500. The van der Waals surface area contributed by atoms with Gasteiger partial charge < -0.3 is 9.64 Å². The van der Waals surface area contributed by atoms with E-state index in [-0.39, 0.29) is 11.7 Å². The van der Waals surface area contributed by atoms with Crippen molar-refractivity contribution >= 4 is 27.3 Å². The predicted molar refractivity (Wildman–Crippen MR) is 81.3 cm³/mol. The number of likely N-dealkylation sites (tertiary alicyclic amines) is 1. The average Bonchev–Trinajstić information content (AvgIpc) is 2.91. The first-order valence-corrected chi connectivity index (χ1v) is 8.92. The molecular weight excluding hydrogens is 314 g/mol. The first-order valence-electron chi connectivity index (χ1n) is 6.72. The zero-order valence-corrected chi connectivity index (χ0v) is 13.4. The summed E-state index contributed by atoms with van der Waals surface area (Å²) in [7, 11) is -2.08. The SMILES string of the molecule is COc1ccc(Cl)cc1CS(=O)(=O)CC(=O)N1CCCC1. The standard InChI is InChI=1S/C14H18ClNO4S/c1-20-13-5-4-12(15)8-11(13)9-21(18,19)10-14(17)16-6-2-3-7-16/h4-5,8H,2-3,6-7,9-10H2,1H3. The van der Waals surface area contributed by atoms with Gasteiger partial charge in [-0.15, -0.1) is 0 Å². The topological polar surface area (TPSA) is 63.7 Å². The molecule has 1 aromatic rings. The monoisotopic (exact) mass is 331 g/mol. The molecule has 1 aliphatic rings. The summed E-state index contributed by atoms with van der Waals surface area (Å²) < 4.78 is 29.5. The minimum absolute atomic E-state index is 0.254. The molecule has 1 aromatic carbocycles. The summed E-state index contributed by atoms with van der Waals surface area (Å²) in [5.74, 6) is -0.594. The van der Waals surface area contributed by atoms with Crippen molar-refractivity contribution in [1.29, 1.82) is 0 Å². The molecule has 1 saturated heterocycles. The number of carbonyl (C=O) groups excluding carboxylic acids is 1. The van der Waals surface area contributed by atoms with Gasteiger partial charge in [-0.05, 0) is 31.0 Å². The highest BCUT2D eigenvalue weighted by atomic mass is 35.5. The Balaban J connectivity index is 2.10. The second kappa shape index (κ2) is 6.66. The Morgan fingerprint density at radius 2 is 2.00 bits per heavy atom. The van der Waals surface area contributed by atoms with Crippen molar-refractivity contribution in [2.75, 3.05) is 26.0 Å². The van der Waals surface area contributed by atoms with Crippen LogP contribution in [0, 0.1) is 0 Å². The zero-order valence-electron chi connectivity index (χ0n) is 11.8. The zero-order chi connectivity index (χ0) is 15.5. The Morgan fingerprint density at radius 1 is 1.33 bits per heavy atom. The van der Waals surface area contributed by atoms with Crippen LogP contribution in [-0.2, 0) is 20.4 Å². The second-order valence-electron chi connectivity index (χ2n) is 5.08. The number of benzene rings is 1. The summed E-state index contributed by atoms with van der Waals surface area (Å²) in [6.45, 7) is 1.30. The minimum Gasteiger partial charge on any atom is -0.496 e. The van der Waals surface area contributed by atoms with Crippen LogP contribution in [0.1, 0.15) is 18.4 Å². The quantitative estimate of drug-likeness (QED) is 0.826. The molecule has 0 aromatic heterocycles. The van der Waals surface area contributed by atoms with Gasteiger partial charge in [-0.1, -0.05) is 11.6 Å². The predicted octanol–water partition coefficient (Wildman–Crippen LogP) is 1.89. The first-order chi connectivity index (χ1) is 9.91. The van der Waals surface area contributed by atoms with Crippen LogP contribution in [0.3, 0.4) is 0 Å². The molecule has 2 rings (SSSR count). The van der Waals surface area contributed by atoms with Gasteiger partial charge in [0.2, 0.25) is 5.91 Å². The number of ether oxygens (including phenoxy) is 1. The van der Waals surface area contributed by atoms with Crippen LogP contribution >= 0.6 is 11.6 Å². The lowest BCUT2D eigenvalue weighted by Gasteiger charge is -2.15. The van der Waals surface area contributed by atoms with Crippen LogP contribution in [0.5, 0.6) is 5.75 Å². The fourth-order valence-corrected chi connectivity index (χ4v) is 3.95. The lowest BCUT2D eigenvalue weighted by atomic mass is 10.2. The number of nitrogens with zero attached hydrogens (tertiary/aromatic N) is 1. The summed E-state index contributed by atoms with van der Waals surface area (Å²) in [6, 6.07) is 4.81. The van der Waals surface area contributed by atoms with E-state index in [2.05, 4.69) is 0 Å². The molecule has 1 heterocycles. The molecule has 0 aliphatic carbocycles. The van der Waals surface area contributed by atoms with Crippen LogP contribution in [-0.4, -0.2) is 45.2 Å². The number of sulfone groups is 1. The summed E-state index contributed by atoms with van der Waals surface area (Å²) in [5.41, 5.74) is 0.472. The number of amides is 1. The van der Waals surface area contributed by atoms with Gasteiger partial charge in [-0.2, -0.15) is 0 Å². The normalized spacial score (nSPS) is 15.2. The molecule has 0 atom stereocenters. The average molecular weight is 332 g/mol. The number of hydrogen-bond acceptors (Lipinski definition) is 4. The molecule has 1 aliphatic heterocycles. The van der Waals surface area contributed by atoms with Crippen LogP contribution in [0.15, 0.2) is 18.2 Å². The number of rotatable bonds is 5. The van der Waals surface area contributed by atoms with Crippen molar-refractivity contribution in [2.24, 2.45) is 0 Å². The molecule has 21 heavy (non-hydrogen) atoms. The van der Waals surface area contributed by atoms with Gasteiger partial charge in [0.15, 0.2) is 9.84 Å². The third-order valence-corrected chi connectivity index (χ3v) is 5.09. The summed E-state index contributed by atoms with van der Waals surface area (Å²) in [6.07, 6.45) is 1.88. The van der Waals surface area contributed by atoms with Gasteiger partial charge in [0.1, 0.15) is 11.5 Å². The number of hydrogen-bond donors (Lipinski definition) is 0. The fourth-order valence-electron chi connectivity index (χ4n) is 2.39. The molecule has 0 bridgehead atoms. The molecule has 0 radical (unpaired) electrons. The van der Waals surface area contributed by atoms with Crippen molar-refractivity contribution < 1.29 is 17.9 Å². The lowest BCUT2D eigenvalue weighted by molar-refractivity contribution is -0.127. The molecule has 0 spiro atoms. The van der Waals surface area contributed by atoms with Gasteiger partial charge in [-0.3, -0.25) is 4.79 Å². The number of carbonyl (C=O) groups is 1. The molecule has 0 saturated carbocycles. The van der Waals surface area contributed by atoms with Gasteiger partial charge in [0.25, 0.3) is 0 Å². The maximum absolute atomic E-state index is 12.2. The van der Waals surface area contributed by atoms with E-state index >= 15 is 0 Å². The van der Waals surface area contributed by atoms with Crippen molar-refractivity contribution in [3.05, 3.63) is 28.8 Å². The maximum Gasteiger partial charge on any atom is 0.237 e. The highest BCUT2D eigenvalue weighted by Crippen LogP contribution is 2.25. The highest BCUT2D eigenvalue weighted by Gasteiger charge is 2.25. The minimum atomic E-state index is -3.55. The molecule has 116 valence electrons. The molecule has 0 N–H and O–H groups in total. The van der Waals surface area contributed by atoms with Crippen LogP contribution in [0.25, 0.3) is 0 Å². The Bertz CT molecular complexity index is 624. The Kier molecular flexibility index (Phi) is 5.11. The maximum atomic E-state index is 12.2. The van der Waals surface area contributed by atoms with Crippen LogP contribution in [0.2, 0.25) is 5.02 Å². The van der Waals surface area contributed by atoms with E-state index < -0.39 is 15.6 Å². The molecule has 1 amide bonds. The third-order valence-electron chi connectivity index (χ3n) is 3.42. The highest BCUT2D eigenvalue weighted by molar-refractivity contribution is 7.91. The Morgan fingerprint density at radius 3 is 2.62 bits per heavy atom. The van der Waals surface area contributed by atoms with E-state index in [4.69, 9.17) is 16.3 Å². The van der Waals surface area contributed by atoms with Gasteiger partial charge in [-0.25, -0.2) is 8.42 Å². The summed E-state index contributed by atoms with van der Waals surface area (Å²) in [4.78, 5) is 13.6. The third kappa shape index (κ3) is 4.35. The molecule has 0 unspecified atom stereocenters. The van der Waals surface area contributed by atoms with Crippen molar-refractivity contribution in [2.45, 2.75) is 18.6 Å². The largest absolute Gasteiger partial charge is 0.496 e. The molecule has 7 heteroatoms. The smallest absolute Gasteiger partial charge is 0.237 e.